The molecule has 2 N–H and O–H groups in total. The molecule has 2 unspecified atom stereocenters. The van der Waals surface area contributed by atoms with Crippen molar-refractivity contribution in [3.63, 3.8) is 0 Å². The van der Waals surface area contributed by atoms with E-state index in [1.807, 2.05) is 24.4 Å². The molecule has 4 heteroatoms. The van der Waals surface area contributed by atoms with Crippen LogP contribution in [-0.4, -0.2) is 47.3 Å². The van der Waals surface area contributed by atoms with Gasteiger partial charge in [-0.25, -0.2) is 0 Å². The average Bonchev–Trinajstić information content (AvgIpc) is 2.65. The number of nitrogens with zero attached hydrogens (tertiary/aromatic N) is 2. The van der Waals surface area contributed by atoms with Crippen LogP contribution >= 0.6 is 0 Å². The molecule has 88 valence electrons. The van der Waals surface area contributed by atoms with Crippen molar-refractivity contribution in [3.05, 3.63) is 30.1 Å². The van der Waals surface area contributed by atoms with E-state index >= 15 is 0 Å². The number of pyridine rings is 1. The summed E-state index contributed by atoms with van der Waals surface area (Å²) in [4.78, 5) is 6.53. The van der Waals surface area contributed by atoms with E-state index in [0.717, 1.165) is 31.7 Å². The van der Waals surface area contributed by atoms with Gasteiger partial charge in [-0.3, -0.25) is 9.88 Å². The molecule has 2 atom stereocenters. The fraction of sp³-hybridized carbons (Fsp3) is 0.583. The van der Waals surface area contributed by atoms with E-state index in [2.05, 4.69) is 22.2 Å². The number of likely N-dealkylation sites (N-methyl/N-ethyl adjacent to an activating group) is 1. The maximum Gasteiger partial charge on any atom is 0.0680 e. The largest absolute Gasteiger partial charge is 0.392 e. The number of rotatable bonds is 4. The molecule has 1 aliphatic rings. The third kappa shape index (κ3) is 3.27. The second kappa shape index (κ2) is 5.39. The third-order valence-corrected chi connectivity index (χ3v) is 2.89. The zero-order chi connectivity index (χ0) is 11.4. The van der Waals surface area contributed by atoms with Crippen molar-refractivity contribution in [3.8, 4) is 0 Å². The Hall–Kier alpha value is -0.970. The summed E-state index contributed by atoms with van der Waals surface area (Å²) in [5.74, 6) is 0. The highest BCUT2D eigenvalue weighted by atomic mass is 16.3. The average molecular weight is 221 g/mol. The quantitative estimate of drug-likeness (QED) is 0.764. The van der Waals surface area contributed by atoms with Gasteiger partial charge in [0.25, 0.3) is 0 Å². The molecule has 1 fully saturated rings. The molecule has 1 aromatic rings. The van der Waals surface area contributed by atoms with Crippen molar-refractivity contribution in [1.29, 1.82) is 0 Å². The lowest BCUT2D eigenvalue weighted by molar-refractivity contribution is 0.189. The standard InChI is InChI=1S/C12H19N3O/c1-15(8-10-4-2-3-5-13-10)9-11-6-12(16)7-14-11/h2-5,11-12,14,16H,6-9H2,1H3. The molecule has 0 spiro atoms. The van der Waals surface area contributed by atoms with Crippen LogP contribution in [0.4, 0.5) is 0 Å². The van der Waals surface area contributed by atoms with Gasteiger partial charge in [0.15, 0.2) is 0 Å². The number of aromatic nitrogens is 1. The predicted molar refractivity (Wildman–Crippen MR) is 63.0 cm³/mol. The highest BCUT2D eigenvalue weighted by Crippen LogP contribution is 2.08. The summed E-state index contributed by atoms with van der Waals surface area (Å²) in [6, 6.07) is 6.38. The maximum atomic E-state index is 9.41. The van der Waals surface area contributed by atoms with Gasteiger partial charge >= 0.3 is 0 Å². The molecule has 0 saturated carbocycles. The number of nitrogens with one attached hydrogen (secondary N) is 1. The van der Waals surface area contributed by atoms with E-state index in [1.165, 1.54) is 0 Å². The minimum absolute atomic E-state index is 0.173. The zero-order valence-corrected chi connectivity index (χ0v) is 9.63. The molecule has 4 nitrogen and oxygen atoms in total. The number of hydrogen-bond donors (Lipinski definition) is 2. The molecule has 1 saturated heterocycles. The van der Waals surface area contributed by atoms with Crippen molar-refractivity contribution < 1.29 is 5.11 Å². The minimum atomic E-state index is -0.173. The first kappa shape index (κ1) is 11.5. The monoisotopic (exact) mass is 221 g/mol. The number of hydrogen-bond acceptors (Lipinski definition) is 4. The van der Waals surface area contributed by atoms with E-state index in [1.54, 1.807) is 0 Å². The van der Waals surface area contributed by atoms with Gasteiger partial charge in [-0.05, 0) is 25.6 Å². The van der Waals surface area contributed by atoms with Crippen LogP contribution in [0.15, 0.2) is 24.4 Å². The van der Waals surface area contributed by atoms with Crippen LogP contribution < -0.4 is 5.32 Å². The molecule has 0 aliphatic carbocycles. The smallest absolute Gasteiger partial charge is 0.0680 e. The molecule has 2 heterocycles. The van der Waals surface area contributed by atoms with E-state index in [9.17, 15) is 5.11 Å². The van der Waals surface area contributed by atoms with Gasteiger partial charge in [0, 0.05) is 31.9 Å². The zero-order valence-electron chi connectivity index (χ0n) is 9.63. The molecule has 0 radical (unpaired) electrons. The van der Waals surface area contributed by atoms with Crippen molar-refractivity contribution in [2.24, 2.45) is 0 Å². The van der Waals surface area contributed by atoms with E-state index in [0.29, 0.717) is 6.04 Å². The Morgan fingerprint density at radius 3 is 3.06 bits per heavy atom. The fourth-order valence-corrected chi connectivity index (χ4v) is 2.15. The first-order valence-corrected chi connectivity index (χ1v) is 5.74. The molecular formula is C12H19N3O. The molecule has 0 bridgehead atoms. The minimum Gasteiger partial charge on any atom is -0.392 e. The Balaban J connectivity index is 1.78. The molecule has 1 aromatic heterocycles. The molecular weight excluding hydrogens is 202 g/mol. The summed E-state index contributed by atoms with van der Waals surface area (Å²) in [7, 11) is 2.08. The van der Waals surface area contributed by atoms with Gasteiger partial charge in [-0.15, -0.1) is 0 Å². The highest BCUT2D eigenvalue weighted by molar-refractivity contribution is 5.03. The van der Waals surface area contributed by atoms with Crippen molar-refractivity contribution in [2.75, 3.05) is 20.1 Å². The summed E-state index contributed by atoms with van der Waals surface area (Å²) in [5.41, 5.74) is 1.09. The summed E-state index contributed by atoms with van der Waals surface area (Å²) < 4.78 is 0. The maximum absolute atomic E-state index is 9.41. The fourth-order valence-electron chi connectivity index (χ4n) is 2.15. The lowest BCUT2D eigenvalue weighted by Crippen LogP contribution is -2.35. The van der Waals surface area contributed by atoms with Crippen LogP contribution in [0.25, 0.3) is 0 Å². The molecule has 2 rings (SSSR count). The summed E-state index contributed by atoms with van der Waals surface area (Å²) in [6.45, 7) is 2.53. The normalized spacial score (nSPS) is 25.2. The Bertz CT molecular complexity index is 317. The molecule has 0 amide bonds. The van der Waals surface area contributed by atoms with Crippen molar-refractivity contribution >= 4 is 0 Å². The second-order valence-corrected chi connectivity index (χ2v) is 4.51. The first-order valence-electron chi connectivity index (χ1n) is 5.74. The molecule has 16 heavy (non-hydrogen) atoms. The van der Waals surface area contributed by atoms with Gasteiger partial charge in [0.2, 0.25) is 0 Å². The Kier molecular flexibility index (Phi) is 3.88. The second-order valence-electron chi connectivity index (χ2n) is 4.51. The van der Waals surface area contributed by atoms with Crippen LogP contribution in [0.3, 0.4) is 0 Å². The summed E-state index contributed by atoms with van der Waals surface area (Å²) in [6.07, 6.45) is 2.50. The molecule has 0 aromatic carbocycles. The van der Waals surface area contributed by atoms with E-state index in [-0.39, 0.29) is 6.10 Å². The van der Waals surface area contributed by atoms with Gasteiger partial charge in [-0.1, -0.05) is 6.07 Å². The number of β-amino-alcohol motifs (C(OH)–C–C–N with tert-alkyl or cyclic N) is 1. The van der Waals surface area contributed by atoms with E-state index in [4.69, 9.17) is 0 Å². The third-order valence-electron chi connectivity index (χ3n) is 2.89. The van der Waals surface area contributed by atoms with Crippen LogP contribution in [0.5, 0.6) is 0 Å². The van der Waals surface area contributed by atoms with Crippen molar-refractivity contribution in [2.45, 2.75) is 25.1 Å². The topological polar surface area (TPSA) is 48.4 Å². The van der Waals surface area contributed by atoms with Gasteiger partial charge in [0.05, 0.1) is 11.8 Å². The predicted octanol–water partition coefficient (Wildman–Crippen LogP) is 0.236. The van der Waals surface area contributed by atoms with E-state index < -0.39 is 0 Å². The van der Waals surface area contributed by atoms with Gasteiger partial charge in [0.1, 0.15) is 0 Å². The number of aliphatic hydroxyl groups is 1. The Morgan fingerprint density at radius 1 is 1.56 bits per heavy atom. The van der Waals surface area contributed by atoms with Gasteiger partial charge < -0.3 is 10.4 Å². The summed E-state index contributed by atoms with van der Waals surface area (Å²) in [5, 5.41) is 12.7. The molecule has 1 aliphatic heterocycles. The Morgan fingerprint density at radius 2 is 2.44 bits per heavy atom. The highest BCUT2D eigenvalue weighted by Gasteiger charge is 2.22. The number of aliphatic hydroxyl groups excluding tert-OH is 1. The van der Waals surface area contributed by atoms with Crippen molar-refractivity contribution in [1.82, 2.24) is 15.2 Å². The lowest BCUT2D eigenvalue weighted by Gasteiger charge is -2.20. The van der Waals surface area contributed by atoms with Crippen LogP contribution in [0, 0.1) is 0 Å². The lowest BCUT2D eigenvalue weighted by atomic mass is 10.2. The SMILES string of the molecule is CN(Cc1ccccn1)CC1CC(O)CN1. The Labute approximate surface area is 96.3 Å². The summed E-state index contributed by atoms with van der Waals surface area (Å²) >= 11 is 0. The van der Waals surface area contributed by atoms with Crippen LogP contribution in [0.1, 0.15) is 12.1 Å². The van der Waals surface area contributed by atoms with Gasteiger partial charge in [-0.2, -0.15) is 0 Å². The van der Waals surface area contributed by atoms with Crippen LogP contribution in [-0.2, 0) is 6.54 Å². The van der Waals surface area contributed by atoms with Crippen LogP contribution in [0.2, 0.25) is 0 Å². The first-order chi connectivity index (χ1) is 7.74.